The van der Waals surface area contributed by atoms with Gasteiger partial charge in [0.15, 0.2) is 0 Å². The summed E-state index contributed by atoms with van der Waals surface area (Å²) in [4.78, 5) is 4.46. The molecule has 0 saturated heterocycles. The number of ether oxygens (including phenoxy) is 1. The largest absolute Gasteiger partial charge is 0.496 e. The van der Waals surface area contributed by atoms with Crippen LogP contribution >= 0.6 is 11.3 Å². The van der Waals surface area contributed by atoms with Crippen molar-refractivity contribution in [1.82, 2.24) is 4.98 Å². The summed E-state index contributed by atoms with van der Waals surface area (Å²) in [5, 5.41) is 12.7. The van der Waals surface area contributed by atoms with Gasteiger partial charge < -0.3 is 9.84 Å². The number of methoxy groups -OCH3 is 1. The van der Waals surface area contributed by atoms with Crippen LogP contribution in [0.4, 0.5) is 0 Å². The molecule has 0 aliphatic carbocycles. The smallest absolute Gasteiger partial charge is 0.122 e. The maximum absolute atomic E-state index is 9.56. The Morgan fingerprint density at radius 1 is 1.32 bits per heavy atom. The zero-order valence-corrected chi connectivity index (χ0v) is 12.1. The van der Waals surface area contributed by atoms with E-state index in [0.29, 0.717) is 0 Å². The molecular weight excluding hydrogens is 258 g/mol. The van der Waals surface area contributed by atoms with Gasteiger partial charge in [0.05, 0.1) is 12.1 Å². The van der Waals surface area contributed by atoms with E-state index in [4.69, 9.17) is 4.74 Å². The fourth-order valence-corrected chi connectivity index (χ4v) is 3.02. The molecule has 0 aliphatic rings. The Bertz CT molecular complexity index is 524. The molecule has 1 aromatic heterocycles. The third-order valence-electron chi connectivity index (χ3n) is 3.09. The lowest BCUT2D eigenvalue weighted by Gasteiger charge is -2.15. The van der Waals surface area contributed by atoms with E-state index in [9.17, 15) is 5.11 Å². The lowest BCUT2D eigenvalue weighted by atomic mass is 9.96. The number of thiazole rings is 1. The number of hydrogen-bond acceptors (Lipinski definition) is 4. The van der Waals surface area contributed by atoms with Crippen LogP contribution in [0.2, 0.25) is 0 Å². The van der Waals surface area contributed by atoms with Crippen LogP contribution in [0.25, 0.3) is 0 Å². The lowest BCUT2D eigenvalue weighted by Crippen LogP contribution is -2.13. The molecule has 1 heterocycles. The molecule has 1 unspecified atom stereocenters. The Morgan fingerprint density at radius 2 is 2.11 bits per heavy atom. The van der Waals surface area contributed by atoms with E-state index in [2.05, 4.69) is 11.1 Å². The van der Waals surface area contributed by atoms with E-state index >= 15 is 0 Å². The van der Waals surface area contributed by atoms with Gasteiger partial charge in [0.1, 0.15) is 5.75 Å². The van der Waals surface area contributed by atoms with E-state index in [1.165, 1.54) is 0 Å². The SMILES string of the molecule is COc1ccccc1CC(CO)Cc1nc(C)cs1. The van der Waals surface area contributed by atoms with Crippen LogP contribution in [0, 0.1) is 12.8 Å². The van der Waals surface area contributed by atoms with Crippen LogP contribution in [0.15, 0.2) is 29.6 Å². The average Bonchev–Trinajstić information content (AvgIpc) is 2.84. The number of hydrogen-bond donors (Lipinski definition) is 1. The van der Waals surface area contributed by atoms with Crippen LogP contribution in [0.5, 0.6) is 5.75 Å². The highest BCUT2D eigenvalue weighted by Crippen LogP contribution is 2.23. The third kappa shape index (κ3) is 3.78. The van der Waals surface area contributed by atoms with Gasteiger partial charge in [0.25, 0.3) is 0 Å². The zero-order valence-electron chi connectivity index (χ0n) is 11.3. The molecule has 0 amide bonds. The number of benzene rings is 1. The van der Waals surface area contributed by atoms with Gasteiger partial charge in [-0.05, 0) is 30.9 Å². The summed E-state index contributed by atoms with van der Waals surface area (Å²) in [6, 6.07) is 7.96. The summed E-state index contributed by atoms with van der Waals surface area (Å²) in [5.41, 5.74) is 2.19. The van der Waals surface area contributed by atoms with Gasteiger partial charge in [-0.25, -0.2) is 4.98 Å². The number of aliphatic hydroxyl groups excluding tert-OH is 1. The van der Waals surface area contributed by atoms with Crippen molar-refractivity contribution in [2.24, 2.45) is 5.92 Å². The second-order valence-electron chi connectivity index (χ2n) is 4.65. The maximum Gasteiger partial charge on any atom is 0.122 e. The zero-order chi connectivity index (χ0) is 13.7. The highest BCUT2D eigenvalue weighted by Gasteiger charge is 2.14. The molecule has 0 saturated carbocycles. The Kier molecular flexibility index (Phi) is 4.93. The normalized spacial score (nSPS) is 12.4. The van der Waals surface area contributed by atoms with Crippen molar-refractivity contribution in [3.05, 3.63) is 45.9 Å². The minimum absolute atomic E-state index is 0.163. The van der Waals surface area contributed by atoms with Gasteiger partial charge in [-0.1, -0.05) is 18.2 Å². The second kappa shape index (κ2) is 6.68. The fraction of sp³-hybridized carbons (Fsp3) is 0.400. The van der Waals surface area contributed by atoms with Gasteiger partial charge >= 0.3 is 0 Å². The quantitative estimate of drug-likeness (QED) is 0.883. The molecule has 2 aromatic rings. The topological polar surface area (TPSA) is 42.4 Å². The third-order valence-corrected chi connectivity index (χ3v) is 4.08. The molecule has 0 spiro atoms. The number of aryl methyl sites for hydroxylation is 1. The van der Waals surface area contributed by atoms with Crippen molar-refractivity contribution in [3.8, 4) is 5.75 Å². The summed E-state index contributed by atoms with van der Waals surface area (Å²) in [5.74, 6) is 1.07. The highest BCUT2D eigenvalue weighted by molar-refractivity contribution is 7.09. The van der Waals surface area contributed by atoms with Crippen LogP contribution in [0.3, 0.4) is 0 Å². The molecule has 2 rings (SSSR count). The summed E-state index contributed by atoms with van der Waals surface area (Å²) in [6.07, 6.45) is 1.62. The van der Waals surface area contributed by atoms with Crippen molar-refractivity contribution in [3.63, 3.8) is 0 Å². The second-order valence-corrected chi connectivity index (χ2v) is 5.59. The van der Waals surface area contributed by atoms with Crippen LogP contribution in [-0.2, 0) is 12.8 Å². The number of nitrogens with zero attached hydrogens (tertiary/aromatic N) is 1. The van der Waals surface area contributed by atoms with Gasteiger partial charge in [0, 0.05) is 24.1 Å². The molecule has 3 nitrogen and oxygen atoms in total. The summed E-state index contributed by atoms with van der Waals surface area (Å²) in [7, 11) is 1.68. The average molecular weight is 277 g/mol. The molecule has 102 valence electrons. The van der Waals surface area contributed by atoms with Crippen molar-refractivity contribution >= 4 is 11.3 Å². The first-order valence-electron chi connectivity index (χ1n) is 6.36. The molecule has 1 N–H and O–H groups in total. The minimum Gasteiger partial charge on any atom is -0.496 e. The predicted octanol–water partition coefficient (Wildman–Crippen LogP) is 2.85. The Hall–Kier alpha value is -1.39. The van der Waals surface area contributed by atoms with E-state index in [1.54, 1.807) is 18.4 Å². The Labute approximate surface area is 117 Å². The lowest BCUT2D eigenvalue weighted by molar-refractivity contribution is 0.224. The molecule has 4 heteroatoms. The monoisotopic (exact) mass is 277 g/mol. The van der Waals surface area contributed by atoms with Crippen LogP contribution in [-0.4, -0.2) is 23.8 Å². The Balaban J connectivity index is 2.06. The van der Waals surface area contributed by atoms with Crippen LogP contribution < -0.4 is 4.74 Å². The molecule has 0 fully saturated rings. The Morgan fingerprint density at radius 3 is 2.74 bits per heavy atom. The van der Waals surface area contributed by atoms with Gasteiger partial charge in [-0.2, -0.15) is 0 Å². The predicted molar refractivity (Wildman–Crippen MR) is 77.8 cm³/mol. The van der Waals surface area contributed by atoms with E-state index in [1.807, 2.05) is 30.5 Å². The number of aliphatic hydroxyl groups is 1. The fourth-order valence-electron chi connectivity index (χ4n) is 2.13. The van der Waals surface area contributed by atoms with E-state index < -0.39 is 0 Å². The minimum atomic E-state index is 0.163. The van der Waals surface area contributed by atoms with Crippen molar-refractivity contribution < 1.29 is 9.84 Å². The van der Waals surface area contributed by atoms with Gasteiger partial charge in [0.2, 0.25) is 0 Å². The number of aromatic nitrogens is 1. The van der Waals surface area contributed by atoms with Crippen molar-refractivity contribution in [2.45, 2.75) is 19.8 Å². The van der Waals surface area contributed by atoms with E-state index in [0.717, 1.165) is 34.9 Å². The van der Waals surface area contributed by atoms with Crippen molar-refractivity contribution in [2.75, 3.05) is 13.7 Å². The molecule has 1 atom stereocenters. The number of para-hydroxylation sites is 1. The van der Waals surface area contributed by atoms with Gasteiger partial charge in [-0.15, -0.1) is 11.3 Å². The summed E-state index contributed by atoms with van der Waals surface area (Å²) in [6.45, 7) is 2.16. The first-order chi connectivity index (χ1) is 9.22. The molecule has 0 radical (unpaired) electrons. The molecule has 0 bridgehead atoms. The first kappa shape index (κ1) is 14.0. The standard InChI is InChI=1S/C15H19NO2S/c1-11-10-19-15(16-11)8-12(9-17)7-13-5-3-4-6-14(13)18-2/h3-6,10,12,17H,7-9H2,1-2H3. The van der Waals surface area contributed by atoms with Crippen LogP contribution in [0.1, 0.15) is 16.3 Å². The molecule has 0 aliphatic heterocycles. The molecular formula is C15H19NO2S. The maximum atomic E-state index is 9.56. The first-order valence-corrected chi connectivity index (χ1v) is 7.24. The summed E-state index contributed by atoms with van der Waals surface area (Å²) >= 11 is 1.66. The van der Waals surface area contributed by atoms with Gasteiger partial charge in [-0.3, -0.25) is 0 Å². The molecule has 1 aromatic carbocycles. The summed E-state index contributed by atoms with van der Waals surface area (Å²) < 4.78 is 5.35. The van der Waals surface area contributed by atoms with E-state index in [-0.39, 0.29) is 12.5 Å². The van der Waals surface area contributed by atoms with Crippen molar-refractivity contribution in [1.29, 1.82) is 0 Å². The number of rotatable bonds is 6. The highest BCUT2D eigenvalue weighted by atomic mass is 32.1. The molecule has 19 heavy (non-hydrogen) atoms.